The zero-order valence-corrected chi connectivity index (χ0v) is 79.9. The van der Waals surface area contributed by atoms with Crippen LogP contribution in [0.4, 0.5) is 0 Å². The molecular formula is C78H115Cl4N24O40+. The Morgan fingerprint density at radius 3 is 0.897 bits per heavy atom. The summed E-state index contributed by atoms with van der Waals surface area (Å²) in [5, 5.41) is 298. The second kappa shape index (κ2) is 50.1. The van der Waals surface area contributed by atoms with Crippen molar-refractivity contribution in [1.82, 2.24) is 115 Å². The summed E-state index contributed by atoms with van der Waals surface area (Å²) >= 11 is 24.5. The van der Waals surface area contributed by atoms with Crippen LogP contribution >= 0.6 is 46.4 Å². The molecule has 38 atom stereocenters. The Morgan fingerprint density at radius 2 is 0.575 bits per heavy atom. The van der Waals surface area contributed by atoms with E-state index in [2.05, 4.69) is 82.5 Å². The molecule has 0 bridgehead atoms. The number of hydrogen-bond donors (Lipinski definition) is 23. The summed E-state index contributed by atoms with van der Waals surface area (Å²) in [5.41, 5.74) is 2.34. The highest BCUT2D eigenvalue weighted by molar-refractivity contribution is 6.22. The number of aromatic amines is 1. The van der Waals surface area contributed by atoms with Gasteiger partial charge in [0.05, 0.1) is 198 Å². The second-order valence-corrected chi connectivity index (χ2v) is 37.3. The quantitative estimate of drug-likeness (QED) is 0.00956. The van der Waals surface area contributed by atoms with E-state index in [-0.39, 0.29) is 143 Å². The predicted octanol–water partition coefficient (Wildman–Crippen LogP) is -15.7. The zero-order chi connectivity index (χ0) is 104. The van der Waals surface area contributed by atoms with Crippen LogP contribution in [-0.2, 0) is 190 Å². The average molecular weight is 2170 g/mol. The molecule has 8 saturated heterocycles. The van der Waals surface area contributed by atoms with Crippen molar-refractivity contribution in [2.75, 3.05) is 51.4 Å². The number of aliphatic hydroxyl groups is 22. The Hall–Kier alpha value is -7.32. The number of nitrogens with zero attached hydrogens (tertiary/aromatic N) is 23. The minimum atomic E-state index is -2.14. The minimum absolute atomic E-state index is 0.0670. The molecule has 8 aliphatic heterocycles. The standard InChI is InChI=1S/C78H114Cl4N24O40/c79-31-77(145-75-63(121)57(115)49(81)47(21-107)141-75)69(127)55(113)45(143-77)19-105-11-35(85-95-105)25-131-23-33-9-101(93-83-33)15-41-51(109)59(117)67(125)73(137-41)135-29-39-13-103(97-89-39)17-43-53(111)61(119)65(123)71(139-43)133-27-37-7-99(91-87-37)1-3-129-5-6-130-4-2-100-8-38(88-92-100)28-134-72-66(124)62(120)54(112)44(140-72)18-104-14-40(90-98-104)30-136-74-68(126)60(118)52(110)42(138-74)16-102-10-34(84-94-102)24-132-26-36-12-106(96-86-36)20-46-56(114)70(128)78(32-80,144-46)146-76-64(122)58(116)50(82)48(22-108)142-76/h7-14,41-76,107-128H,1-6,15-32H2/p+1/t41-,42-,43-,44-,45-,46-,47-,48-,49+,50+,51-,52-,53-,54-,55-,56-,57+,58+,59+,60+,61+,62+,63-,64-,65+,66+,67+,68+,69+,70+,71+,72+,73-,74+,75-,76?,77+,78+/m1/s1. The molecule has 0 radical (unpaired) electrons. The van der Waals surface area contributed by atoms with Gasteiger partial charge < -0.3 is 198 Å². The highest BCUT2D eigenvalue weighted by atomic mass is 35.5. The van der Waals surface area contributed by atoms with Gasteiger partial charge in [-0.3, -0.25) is 0 Å². The maximum atomic E-state index is 11.0. The Kier molecular flexibility index (Phi) is 38.2. The van der Waals surface area contributed by atoms with Crippen molar-refractivity contribution in [3.05, 3.63) is 95.1 Å². The molecule has 0 aromatic carbocycles. The van der Waals surface area contributed by atoms with E-state index in [9.17, 15) is 112 Å². The first-order valence-corrected chi connectivity index (χ1v) is 47.9. The first kappa shape index (κ1) is 111. The fraction of sp³-hybridized carbons (Fsp3) is 0.795. The van der Waals surface area contributed by atoms with Crippen LogP contribution in [0.1, 0.15) is 45.6 Å². The molecule has 68 heteroatoms. The number of alkyl halides is 4. The Labute approximate surface area is 843 Å². The fourth-order valence-corrected chi connectivity index (χ4v) is 18.1. The van der Waals surface area contributed by atoms with Gasteiger partial charge in [0.15, 0.2) is 43.9 Å². The molecule has 8 aliphatic rings. The first-order valence-electron chi connectivity index (χ1n) is 45.9. The molecule has 8 aromatic rings. The van der Waals surface area contributed by atoms with Crippen molar-refractivity contribution in [3.63, 3.8) is 0 Å². The van der Waals surface area contributed by atoms with Crippen molar-refractivity contribution in [2.24, 2.45) is 0 Å². The lowest BCUT2D eigenvalue weighted by molar-refractivity contribution is -0.761. The predicted molar refractivity (Wildman–Crippen MR) is 461 cm³/mol. The van der Waals surface area contributed by atoms with Crippen LogP contribution in [0.5, 0.6) is 0 Å². The molecule has 64 nitrogen and oxygen atoms in total. The van der Waals surface area contributed by atoms with Gasteiger partial charge in [0.25, 0.3) is 0 Å². The van der Waals surface area contributed by atoms with Crippen molar-refractivity contribution < 1.29 is 202 Å². The molecule has 8 aromatic heterocycles. The number of H-pyrrole nitrogens is 1. The number of halogens is 4. The highest BCUT2D eigenvalue weighted by Crippen LogP contribution is 2.42. The van der Waals surface area contributed by atoms with Crippen molar-refractivity contribution in [1.29, 1.82) is 0 Å². The van der Waals surface area contributed by atoms with Crippen LogP contribution in [0.2, 0.25) is 0 Å². The maximum Gasteiger partial charge on any atom is 0.243 e. The van der Waals surface area contributed by atoms with Crippen LogP contribution in [0, 0.1) is 0 Å². The molecule has 16 rings (SSSR count). The minimum Gasteiger partial charge on any atom is -0.394 e. The van der Waals surface area contributed by atoms with Gasteiger partial charge in [-0.1, -0.05) is 41.7 Å². The molecule has 0 spiro atoms. The summed E-state index contributed by atoms with van der Waals surface area (Å²) in [4.78, 5) is 0. The molecule has 146 heavy (non-hydrogen) atoms. The van der Waals surface area contributed by atoms with Gasteiger partial charge in [-0.2, -0.15) is 4.68 Å². The van der Waals surface area contributed by atoms with E-state index in [1.165, 1.54) is 74.6 Å². The van der Waals surface area contributed by atoms with Gasteiger partial charge in [0.2, 0.25) is 17.3 Å². The lowest BCUT2D eigenvalue weighted by Gasteiger charge is -2.43. The molecule has 0 amide bonds. The third kappa shape index (κ3) is 26.2. The van der Waals surface area contributed by atoms with E-state index in [4.69, 9.17) is 132 Å². The van der Waals surface area contributed by atoms with E-state index in [0.717, 1.165) is 0 Å². The van der Waals surface area contributed by atoms with E-state index >= 15 is 0 Å². The SMILES string of the molecule is OC[C@H]1O[C@H](O[C@]2(CCl)O[C@H](Cn3cc(COCc4cn(C[C@H]5O[C@@H](OCc6cn(C[C@H]7O[C@H](OCc8cn(CCOCCOCCn9cc(CO[C@H]%10O[C@H](Cn%11cc(CO[C@H]%12O[C@H](C[n+]%13cc(COCc%14cn(C[C@H]%15O[C@@](CCl)(OC%16O[C@H](CO)[C@H](Cl)[C@H](O)[C@H]%16O)[C@@H](O)[C@@H]%15O)nn%14)n[nH]%13)[C@@H](O)[C@H](O)[C@@H]%12O)nn%11)[C@@H](O)[C@H](O)[C@@H]%10O)nn9)nn8)[C@@H](O)[C@@H](O)[C@@H]7O)nn6)[C@@H](O)[C@@H](O)[C@@H]5O)nn4)nn3)[C@@H](O)[C@@H]2O)[C@H](O)[C@@H](O)[C@H]1Cl. The monoisotopic (exact) mass is 2170 g/mol. The third-order valence-corrected chi connectivity index (χ3v) is 26.9. The smallest absolute Gasteiger partial charge is 0.243 e. The summed E-state index contributed by atoms with van der Waals surface area (Å²) in [6, 6.07) is 0. The van der Waals surface area contributed by atoms with E-state index in [0.29, 0.717) is 34.2 Å². The number of aliphatic hydroxyl groups excluding tert-OH is 22. The van der Waals surface area contributed by atoms with Crippen molar-refractivity contribution in [3.8, 4) is 0 Å². The molecule has 23 N–H and O–H groups in total. The van der Waals surface area contributed by atoms with Crippen LogP contribution < -0.4 is 4.68 Å². The third-order valence-electron chi connectivity index (χ3n) is 25.1. The van der Waals surface area contributed by atoms with Crippen LogP contribution in [0.25, 0.3) is 0 Å². The summed E-state index contributed by atoms with van der Waals surface area (Å²) in [5.74, 6) is -5.41. The number of ether oxygens (including phenoxy) is 18. The topological polar surface area (TPSA) is 859 Å². The number of hydrogen-bond acceptors (Lipinski definition) is 55. The molecular weight excluding hydrogens is 2050 g/mol. The average Bonchev–Trinajstić information content (AvgIpc) is 1.75. The number of rotatable bonds is 49. The van der Waals surface area contributed by atoms with Gasteiger partial charge in [-0.25, -0.2) is 32.8 Å². The molecule has 0 aliphatic carbocycles. The normalized spacial score (nSPS) is 37.2. The molecule has 814 valence electrons. The fourth-order valence-electron chi connectivity index (χ4n) is 16.9. The summed E-state index contributed by atoms with van der Waals surface area (Å²) in [7, 11) is 0. The first-order chi connectivity index (χ1) is 70.1. The molecule has 16 heterocycles. The lowest BCUT2D eigenvalue weighted by atomic mass is 9.99. The van der Waals surface area contributed by atoms with Crippen LogP contribution in [0.3, 0.4) is 0 Å². The van der Waals surface area contributed by atoms with E-state index in [1.54, 1.807) is 12.4 Å². The summed E-state index contributed by atoms with van der Waals surface area (Å²) < 4.78 is 115. The van der Waals surface area contributed by atoms with Gasteiger partial charge in [-0.05, 0) is 0 Å². The van der Waals surface area contributed by atoms with E-state index < -0.39 is 256 Å². The van der Waals surface area contributed by atoms with Gasteiger partial charge in [0, 0.05) is 5.10 Å². The Morgan fingerprint density at radius 1 is 0.301 bits per heavy atom. The number of nitrogens with one attached hydrogen (secondary N) is 1. The summed E-state index contributed by atoms with van der Waals surface area (Å²) in [6.07, 6.45) is -40.5. The van der Waals surface area contributed by atoms with E-state index in [1.807, 2.05) is 0 Å². The molecule has 1 unspecified atom stereocenters. The molecule has 8 fully saturated rings. The largest absolute Gasteiger partial charge is 0.394 e. The Balaban J connectivity index is 0.399. The van der Waals surface area contributed by atoms with Gasteiger partial charge in [0.1, 0.15) is 224 Å². The molecule has 0 saturated carbocycles. The van der Waals surface area contributed by atoms with Gasteiger partial charge in [-0.15, -0.1) is 82.1 Å². The number of aromatic nitrogens is 24. The zero-order valence-electron chi connectivity index (χ0n) is 76.9. The highest BCUT2D eigenvalue weighted by Gasteiger charge is 2.61. The lowest BCUT2D eigenvalue weighted by Crippen LogP contribution is -2.61. The maximum absolute atomic E-state index is 11.0. The van der Waals surface area contributed by atoms with Crippen LogP contribution in [-0.4, -0.2) is 510 Å². The van der Waals surface area contributed by atoms with Crippen molar-refractivity contribution in [2.45, 2.75) is 336 Å². The van der Waals surface area contributed by atoms with Crippen molar-refractivity contribution >= 4 is 46.4 Å². The second-order valence-electron chi connectivity index (χ2n) is 35.7. The summed E-state index contributed by atoms with van der Waals surface area (Å²) in [6.45, 7) is -2.59. The van der Waals surface area contributed by atoms with Crippen LogP contribution in [0.15, 0.2) is 49.6 Å². The van der Waals surface area contributed by atoms with Gasteiger partial charge >= 0.3 is 0 Å². The Bertz CT molecular complexity index is 5030.